The maximum Gasteiger partial charge on any atom is 0.264 e. The van der Waals surface area contributed by atoms with E-state index in [4.69, 9.17) is 0 Å². The minimum Gasteiger partial charge on any atom is -0.334 e. The largest absolute Gasteiger partial charge is 0.334 e. The quantitative estimate of drug-likeness (QED) is 0.847. The fraction of sp³-hybridized carbons (Fsp3) is 0.375. The second-order valence-corrected chi connectivity index (χ2v) is 7.98. The smallest absolute Gasteiger partial charge is 0.264 e. The molecule has 2 amide bonds. The van der Waals surface area contributed by atoms with Crippen LogP contribution < -0.4 is 0 Å². The molecule has 0 unspecified atom stereocenters. The summed E-state index contributed by atoms with van der Waals surface area (Å²) in [5.41, 5.74) is 0. The zero-order valence-electron chi connectivity index (χ0n) is 12.7. The molecular weight excluding hydrogens is 316 g/mol. The molecule has 3 rings (SSSR count). The first kappa shape index (κ1) is 15.2. The Bertz CT molecular complexity index is 636. The van der Waals surface area contributed by atoms with Crippen LogP contribution in [0.5, 0.6) is 0 Å². The third kappa shape index (κ3) is 3.08. The Morgan fingerprint density at radius 2 is 1.14 bits per heavy atom. The van der Waals surface area contributed by atoms with Crippen molar-refractivity contribution < 1.29 is 9.59 Å². The van der Waals surface area contributed by atoms with Gasteiger partial charge in [-0.05, 0) is 38.1 Å². The van der Waals surface area contributed by atoms with Crippen molar-refractivity contribution in [2.24, 2.45) is 0 Å². The Morgan fingerprint density at radius 3 is 1.41 bits per heavy atom. The summed E-state index contributed by atoms with van der Waals surface area (Å²) in [6.45, 7) is 6.41. The molecule has 0 radical (unpaired) electrons. The second kappa shape index (κ2) is 6.22. The van der Waals surface area contributed by atoms with Crippen LogP contribution in [-0.4, -0.2) is 47.8 Å². The summed E-state index contributed by atoms with van der Waals surface area (Å²) < 4.78 is 0. The van der Waals surface area contributed by atoms with Crippen LogP contribution >= 0.6 is 22.7 Å². The van der Waals surface area contributed by atoms with E-state index in [2.05, 4.69) is 0 Å². The number of aryl methyl sites for hydroxylation is 2. The Labute approximate surface area is 138 Å². The van der Waals surface area contributed by atoms with Crippen LogP contribution in [0.1, 0.15) is 29.1 Å². The SMILES string of the molecule is Cc1ccc(C(=O)N2CCN(C(=O)c3ccc(C)s3)CC2)s1. The lowest BCUT2D eigenvalue weighted by Crippen LogP contribution is -2.50. The van der Waals surface area contributed by atoms with E-state index in [9.17, 15) is 9.59 Å². The molecule has 2 aromatic heterocycles. The number of thiophene rings is 2. The van der Waals surface area contributed by atoms with E-state index in [0.29, 0.717) is 26.2 Å². The van der Waals surface area contributed by atoms with Gasteiger partial charge in [0.1, 0.15) is 0 Å². The summed E-state index contributed by atoms with van der Waals surface area (Å²) in [4.78, 5) is 32.3. The highest BCUT2D eigenvalue weighted by molar-refractivity contribution is 7.14. The van der Waals surface area contributed by atoms with Gasteiger partial charge in [0.05, 0.1) is 9.75 Å². The average Bonchev–Trinajstić information content (AvgIpc) is 3.14. The lowest BCUT2D eigenvalue weighted by molar-refractivity contribution is 0.0541. The monoisotopic (exact) mass is 334 g/mol. The summed E-state index contributed by atoms with van der Waals surface area (Å²) in [6.07, 6.45) is 0. The first-order valence-electron chi connectivity index (χ1n) is 7.26. The molecule has 0 atom stereocenters. The van der Waals surface area contributed by atoms with Crippen molar-refractivity contribution in [1.29, 1.82) is 0 Å². The van der Waals surface area contributed by atoms with Gasteiger partial charge in [-0.2, -0.15) is 0 Å². The third-order valence-electron chi connectivity index (χ3n) is 3.76. The number of hydrogen-bond donors (Lipinski definition) is 0. The van der Waals surface area contributed by atoms with E-state index in [-0.39, 0.29) is 11.8 Å². The van der Waals surface area contributed by atoms with Crippen molar-refractivity contribution in [2.75, 3.05) is 26.2 Å². The molecule has 22 heavy (non-hydrogen) atoms. The Morgan fingerprint density at radius 1 is 0.773 bits per heavy atom. The first-order chi connectivity index (χ1) is 10.5. The van der Waals surface area contributed by atoms with E-state index < -0.39 is 0 Å². The van der Waals surface area contributed by atoms with Gasteiger partial charge in [-0.25, -0.2) is 0 Å². The lowest BCUT2D eigenvalue weighted by atomic mass is 10.2. The molecule has 0 bridgehead atoms. The number of piperazine rings is 1. The van der Waals surface area contributed by atoms with Crippen molar-refractivity contribution in [2.45, 2.75) is 13.8 Å². The lowest BCUT2D eigenvalue weighted by Gasteiger charge is -2.34. The van der Waals surface area contributed by atoms with Gasteiger partial charge in [-0.1, -0.05) is 0 Å². The summed E-state index contributed by atoms with van der Waals surface area (Å²) in [5, 5.41) is 0. The molecule has 2 aromatic rings. The Kier molecular flexibility index (Phi) is 4.31. The number of carbonyl (C=O) groups excluding carboxylic acids is 2. The van der Waals surface area contributed by atoms with Crippen LogP contribution in [-0.2, 0) is 0 Å². The van der Waals surface area contributed by atoms with Gasteiger partial charge in [0.15, 0.2) is 0 Å². The van der Waals surface area contributed by atoms with Crippen LogP contribution in [0.4, 0.5) is 0 Å². The minimum atomic E-state index is 0.0807. The normalized spacial score (nSPS) is 15.2. The van der Waals surface area contributed by atoms with Gasteiger partial charge in [0.2, 0.25) is 0 Å². The molecule has 0 saturated carbocycles. The van der Waals surface area contributed by atoms with Gasteiger partial charge in [-0.3, -0.25) is 9.59 Å². The number of nitrogens with zero attached hydrogens (tertiary/aromatic N) is 2. The molecule has 1 aliphatic heterocycles. The van der Waals surface area contributed by atoms with Gasteiger partial charge in [-0.15, -0.1) is 22.7 Å². The molecule has 3 heterocycles. The Hall–Kier alpha value is -1.66. The number of amides is 2. The van der Waals surface area contributed by atoms with E-state index in [1.165, 1.54) is 22.7 Å². The highest BCUT2D eigenvalue weighted by Crippen LogP contribution is 2.20. The Balaban J connectivity index is 1.60. The molecule has 116 valence electrons. The maximum absolute atomic E-state index is 12.4. The van der Waals surface area contributed by atoms with Crippen molar-refractivity contribution in [3.8, 4) is 0 Å². The van der Waals surface area contributed by atoms with Crippen LogP contribution in [0, 0.1) is 13.8 Å². The molecule has 4 nitrogen and oxygen atoms in total. The van der Waals surface area contributed by atoms with Crippen LogP contribution in [0.3, 0.4) is 0 Å². The third-order valence-corrected chi connectivity index (χ3v) is 5.73. The summed E-state index contributed by atoms with van der Waals surface area (Å²) >= 11 is 3.05. The predicted octanol–water partition coefficient (Wildman–Crippen LogP) is 3.02. The second-order valence-electron chi connectivity index (χ2n) is 5.40. The van der Waals surface area contributed by atoms with Crippen molar-refractivity contribution in [3.05, 3.63) is 43.8 Å². The maximum atomic E-state index is 12.4. The molecule has 0 aliphatic carbocycles. The molecule has 0 spiro atoms. The standard InChI is InChI=1S/C16H18N2O2S2/c1-11-3-5-13(21-11)15(19)17-7-9-18(10-8-17)16(20)14-6-4-12(2)22-14/h3-6H,7-10H2,1-2H3. The molecule has 6 heteroatoms. The number of rotatable bonds is 2. The number of carbonyl (C=O) groups is 2. The molecule has 0 aromatic carbocycles. The average molecular weight is 334 g/mol. The van der Waals surface area contributed by atoms with Crippen molar-refractivity contribution in [1.82, 2.24) is 9.80 Å². The van der Waals surface area contributed by atoms with E-state index in [1.54, 1.807) is 0 Å². The topological polar surface area (TPSA) is 40.6 Å². The first-order valence-corrected chi connectivity index (χ1v) is 8.89. The zero-order valence-corrected chi connectivity index (χ0v) is 14.3. The van der Waals surface area contributed by atoms with E-state index >= 15 is 0 Å². The molecule has 1 fully saturated rings. The molecule has 1 aliphatic rings. The van der Waals surface area contributed by atoms with Gasteiger partial charge in [0, 0.05) is 35.9 Å². The fourth-order valence-corrected chi connectivity index (χ4v) is 4.19. The minimum absolute atomic E-state index is 0.0807. The van der Waals surface area contributed by atoms with Crippen LogP contribution in [0.25, 0.3) is 0 Å². The van der Waals surface area contributed by atoms with Crippen LogP contribution in [0.15, 0.2) is 24.3 Å². The summed E-state index contributed by atoms with van der Waals surface area (Å²) in [7, 11) is 0. The number of hydrogen-bond acceptors (Lipinski definition) is 4. The van der Waals surface area contributed by atoms with Crippen molar-refractivity contribution >= 4 is 34.5 Å². The van der Waals surface area contributed by atoms with E-state index in [0.717, 1.165) is 19.5 Å². The summed E-state index contributed by atoms with van der Waals surface area (Å²) in [6, 6.07) is 7.70. The zero-order chi connectivity index (χ0) is 15.7. The highest BCUT2D eigenvalue weighted by atomic mass is 32.1. The van der Waals surface area contributed by atoms with Gasteiger partial charge in [0.25, 0.3) is 11.8 Å². The van der Waals surface area contributed by atoms with E-state index in [1.807, 2.05) is 47.9 Å². The summed E-state index contributed by atoms with van der Waals surface area (Å²) in [5.74, 6) is 0.161. The van der Waals surface area contributed by atoms with Crippen LogP contribution in [0.2, 0.25) is 0 Å². The highest BCUT2D eigenvalue weighted by Gasteiger charge is 2.26. The molecular formula is C16H18N2O2S2. The molecule has 0 N–H and O–H groups in total. The van der Waals surface area contributed by atoms with Crippen molar-refractivity contribution in [3.63, 3.8) is 0 Å². The molecule has 1 saturated heterocycles. The fourth-order valence-electron chi connectivity index (χ4n) is 2.52. The predicted molar refractivity (Wildman–Crippen MR) is 89.9 cm³/mol. The van der Waals surface area contributed by atoms with Gasteiger partial charge >= 0.3 is 0 Å². The van der Waals surface area contributed by atoms with Gasteiger partial charge < -0.3 is 9.80 Å².